The largest absolute Gasteiger partial charge is 0.497 e. The Balaban J connectivity index is 1.96. The van der Waals surface area contributed by atoms with E-state index in [1.54, 1.807) is 44.4 Å². The average molecular weight is 430 g/mol. The molecule has 1 heterocycles. The summed E-state index contributed by atoms with van der Waals surface area (Å²) >= 11 is 1.49. The first kappa shape index (κ1) is 21.9. The minimum atomic E-state index is -0.124. The van der Waals surface area contributed by atoms with Gasteiger partial charge in [-0.15, -0.1) is 0 Å². The monoisotopic (exact) mass is 429 g/mol. The van der Waals surface area contributed by atoms with E-state index in [1.807, 2.05) is 32.3 Å². The summed E-state index contributed by atoms with van der Waals surface area (Å²) in [7, 11) is 8.79. The van der Waals surface area contributed by atoms with Crippen molar-refractivity contribution in [3.05, 3.63) is 42.0 Å². The molecule has 3 rings (SSSR count). The molecule has 0 fully saturated rings. The van der Waals surface area contributed by atoms with Crippen LogP contribution in [0.2, 0.25) is 0 Å². The van der Waals surface area contributed by atoms with Crippen LogP contribution in [0.25, 0.3) is 10.2 Å². The molecule has 7 nitrogen and oxygen atoms in total. The number of thiazole rings is 1. The second-order valence-electron chi connectivity index (χ2n) is 7.01. The number of rotatable bonds is 9. The summed E-state index contributed by atoms with van der Waals surface area (Å²) < 4.78 is 17.0. The fraction of sp³-hybridized carbons (Fsp3) is 0.364. The Hall–Kier alpha value is -2.84. The molecular formula is C22H27N3O4S. The molecule has 0 aliphatic heterocycles. The molecule has 3 aromatic rings. The predicted molar refractivity (Wildman–Crippen MR) is 121 cm³/mol. The highest BCUT2D eigenvalue weighted by molar-refractivity contribution is 7.22. The summed E-state index contributed by atoms with van der Waals surface area (Å²) in [5.74, 6) is 1.72. The van der Waals surface area contributed by atoms with Gasteiger partial charge in [-0.05, 0) is 57.4 Å². The summed E-state index contributed by atoms with van der Waals surface area (Å²) in [6, 6.07) is 10.9. The maximum atomic E-state index is 13.4. The number of aromatic nitrogens is 1. The fourth-order valence-corrected chi connectivity index (χ4v) is 4.06. The number of methoxy groups -OCH3 is 3. The lowest BCUT2D eigenvalue weighted by molar-refractivity contribution is 0.0985. The van der Waals surface area contributed by atoms with Crippen LogP contribution in [0.3, 0.4) is 0 Å². The first-order valence-electron chi connectivity index (χ1n) is 9.60. The summed E-state index contributed by atoms with van der Waals surface area (Å²) in [6.07, 6.45) is 0.825. The minimum absolute atomic E-state index is 0.124. The molecule has 0 spiro atoms. The maximum Gasteiger partial charge on any atom is 0.260 e. The molecule has 30 heavy (non-hydrogen) atoms. The van der Waals surface area contributed by atoms with Gasteiger partial charge in [0.15, 0.2) is 16.6 Å². The van der Waals surface area contributed by atoms with Crippen LogP contribution in [-0.2, 0) is 0 Å². The number of benzene rings is 2. The molecule has 0 saturated heterocycles. The molecule has 0 saturated carbocycles. The van der Waals surface area contributed by atoms with Gasteiger partial charge in [0.25, 0.3) is 5.91 Å². The summed E-state index contributed by atoms with van der Waals surface area (Å²) in [6.45, 7) is 1.43. The van der Waals surface area contributed by atoms with Crippen LogP contribution in [-0.4, -0.2) is 64.3 Å². The smallest absolute Gasteiger partial charge is 0.260 e. The van der Waals surface area contributed by atoms with Crippen LogP contribution < -0.4 is 19.1 Å². The Kier molecular flexibility index (Phi) is 7.12. The van der Waals surface area contributed by atoms with Gasteiger partial charge < -0.3 is 19.1 Å². The highest BCUT2D eigenvalue weighted by atomic mass is 32.1. The van der Waals surface area contributed by atoms with Crippen molar-refractivity contribution in [1.82, 2.24) is 9.88 Å². The van der Waals surface area contributed by atoms with Gasteiger partial charge in [0.2, 0.25) is 0 Å². The van der Waals surface area contributed by atoms with Crippen molar-refractivity contribution in [2.24, 2.45) is 0 Å². The van der Waals surface area contributed by atoms with Crippen LogP contribution >= 0.6 is 11.3 Å². The molecule has 0 atom stereocenters. The number of amides is 1. The quantitative estimate of drug-likeness (QED) is 0.514. The highest BCUT2D eigenvalue weighted by Gasteiger charge is 2.22. The molecular weight excluding hydrogens is 402 g/mol. The van der Waals surface area contributed by atoms with Gasteiger partial charge in [-0.1, -0.05) is 11.3 Å². The van der Waals surface area contributed by atoms with Crippen molar-refractivity contribution >= 4 is 32.6 Å². The van der Waals surface area contributed by atoms with E-state index in [-0.39, 0.29) is 5.91 Å². The molecule has 1 amide bonds. The van der Waals surface area contributed by atoms with Crippen molar-refractivity contribution < 1.29 is 19.0 Å². The lowest BCUT2D eigenvalue weighted by Crippen LogP contribution is -2.33. The van der Waals surface area contributed by atoms with Crippen molar-refractivity contribution in [2.45, 2.75) is 6.42 Å². The van der Waals surface area contributed by atoms with E-state index in [0.29, 0.717) is 28.7 Å². The third kappa shape index (κ3) is 4.83. The van der Waals surface area contributed by atoms with Crippen molar-refractivity contribution in [2.75, 3.05) is 53.4 Å². The number of hydrogen-bond acceptors (Lipinski definition) is 7. The van der Waals surface area contributed by atoms with E-state index in [9.17, 15) is 4.79 Å². The molecule has 1 aromatic heterocycles. The topological polar surface area (TPSA) is 64.1 Å². The molecule has 8 heteroatoms. The number of hydrogen-bond donors (Lipinski definition) is 0. The number of ether oxygens (including phenoxy) is 3. The summed E-state index contributed by atoms with van der Waals surface area (Å²) in [5.41, 5.74) is 1.33. The van der Waals surface area contributed by atoms with Crippen molar-refractivity contribution in [1.29, 1.82) is 0 Å². The van der Waals surface area contributed by atoms with Gasteiger partial charge in [-0.2, -0.15) is 0 Å². The van der Waals surface area contributed by atoms with E-state index < -0.39 is 0 Å². The number of carbonyl (C=O) groups excluding carboxylic acids is 1. The van der Waals surface area contributed by atoms with Crippen LogP contribution in [0.5, 0.6) is 17.2 Å². The van der Waals surface area contributed by atoms with Crippen LogP contribution in [0.15, 0.2) is 36.4 Å². The summed E-state index contributed by atoms with van der Waals surface area (Å²) in [5, 5.41) is 0.664. The van der Waals surface area contributed by atoms with Crippen LogP contribution in [0.1, 0.15) is 16.8 Å². The zero-order chi connectivity index (χ0) is 21.7. The number of nitrogens with zero attached hydrogens (tertiary/aromatic N) is 3. The third-order valence-electron chi connectivity index (χ3n) is 4.68. The normalized spacial score (nSPS) is 11.0. The zero-order valence-electron chi connectivity index (χ0n) is 18.0. The van der Waals surface area contributed by atoms with Gasteiger partial charge in [-0.25, -0.2) is 4.98 Å². The summed E-state index contributed by atoms with van der Waals surface area (Å²) in [4.78, 5) is 22.0. The minimum Gasteiger partial charge on any atom is -0.497 e. The molecule has 0 aliphatic rings. The Bertz CT molecular complexity index is 1020. The standard InChI is InChI=1S/C22H27N3O4S/c1-24(2)11-6-12-25(21(26)15-7-9-18(28-4)19(13-15)29-5)22-23-17-14-16(27-3)8-10-20(17)30-22/h7-10,13-14H,6,11-12H2,1-5H3. The van der Waals surface area contributed by atoms with E-state index in [4.69, 9.17) is 19.2 Å². The van der Waals surface area contributed by atoms with Crippen LogP contribution in [0.4, 0.5) is 5.13 Å². The molecule has 0 N–H and O–H groups in total. The second kappa shape index (κ2) is 9.77. The third-order valence-corrected chi connectivity index (χ3v) is 5.74. The Morgan fingerprint density at radius 2 is 1.73 bits per heavy atom. The van der Waals surface area contributed by atoms with Gasteiger partial charge in [0.05, 0.1) is 31.5 Å². The molecule has 0 unspecified atom stereocenters. The Morgan fingerprint density at radius 1 is 0.967 bits per heavy atom. The first-order chi connectivity index (χ1) is 14.5. The maximum absolute atomic E-state index is 13.4. The molecule has 160 valence electrons. The number of carbonyl (C=O) groups is 1. The molecule has 0 aliphatic carbocycles. The van der Waals surface area contributed by atoms with E-state index in [2.05, 4.69) is 4.90 Å². The van der Waals surface area contributed by atoms with Gasteiger partial charge >= 0.3 is 0 Å². The fourth-order valence-electron chi connectivity index (χ4n) is 3.09. The zero-order valence-corrected chi connectivity index (χ0v) is 18.8. The van der Waals surface area contributed by atoms with Crippen LogP contribution in [0, 0.1) is 0 Å². The highest BCUT2D eigenvalue weighted by Crippen LogP contribution is 2.33. The van der Waals surface area contributed by atoms with E-state index in [0.717, 1.165) is 28.9 Å². The average Bonchev–Trinajstić information content (AvgIpc) is 3.18. The van der Waals surface area contributed by atoms with Gasteiger partial charge in [-0.3, -0.25) is 9.69 Å². The number of anilines is 1. The SMILES string of the molecule is COc1ccc2sc(N(CCCN(C)C)C(=O)c3ccc(OC)c(OC)c3)nc2c1. The first-order valence-corrected chi connectivity index (χ1v) is 10.4. The second-order valence-corrected chi connectivity index (χ2v) is 8.02. The van der Waals surface area contributed by atoms with E-state index in [1.165, 1.54) is 11.3 Å². The molecule has 0 radical (unpaired) electrons. The lowest BCUT2D eigenvalue weighted by atomic mass is 10.1. The predicted octanol–water partition coefficient (Wildman–Crippen LogP) is 3.92. The van der Waals surface area contributed by atoms with Gasteiger partial charge in [0, 0.05) is 18.2 Å². The van der Waals surface area contributed by atoms with E-state index >= 15 is 0 Å². The Morgan fingerprint density at radius 3 is 2.40 bits per heavy atom. The number of fused-ring (bicyclic) bond motifs is 1. The van der Waals surface area contributed by atoms with Gasteiger partial charge in [0.1, 0.15) is 5.75 Å². The van der Waals surface area contributed by atoms with Crippen molar-refractivity contribution in [3.63, 3.8) is 0 Å². The Labute approximate surface area is 180 Å². The molecule has 2 aromatic carbocycles. The molecule has 0 bridgehead atoms. The lowest BCUT2D eigenvalue weighted by Gasteiger charge is -2.21. The van der Waals surface area contributed by atoms with Crippen molar-refractivity contribution in [3.8, 4) is 17.2 Å².